The van der Waals surface area contributed by atoms with E-state index in [0.717, 1.165) is 0 Å². The molecule has 2 unspecified atom stereocenters. The molecule has 1 aliphatic rings. The summed E-state index contributed by atoms with van der Waals surface area (Å²) in [6.45, 7) is 3.44. The number of hydrogen-bond donors (Lipinski definition) is 1. The summed E-state index contributed by atoms with van der Waals surface area (Å²) in [4.78, 5) is 0. The molecule has 0 bridgehead atoms. The fourth-order valence-electron chi connectivity index (χ4n) is 2.23. The van der Waals surface area contributed by atoms with Crippen LogP contribution in [0.2, 0.25) is 0 Å². The SMILES string of the molecule is CCCCCNC1CCCC(OC)C1. The molecule has 1 saturated carbocycles. The van der Waals surface area contributed by atoms with Crippen molar-refractivity contribution in [2.75, 3.05) is 13.7 Å². The maximum Gasteiger partial charge on any atom is 0.0586 e. The predicted octanol–water partition coefficient (Wildman–Crippen LogP) is 2.72. The lowest BCUT2D eigenvalue weighted by Gasteiger charge is -2.28. The number of unbranched alkanes of at least 4 members (excludes halogenated alkanes) is 2. The van der Waals surface area contributed by atoms with Gasteiger partial charge in [0.15, 0.2) is 0 Å². The van der Waals surface area contributed by atoms with Crippen molar-refractivity contribution in [1.29, 1.82) is 0 Å². The molecule has 0 amide bonds. The third kappa shape index (κ3) is 4.43. The summed E-state index contributed by atoms with van der Waals surface area (Å²) in [7, 11) is 1.84. The van der Waals surface area contributed by atoms with E-state index in [4.69, 9.17) is 4.74 Å². The molecule has 2 heteroatoms. The molecule has 0 aromatic rings. The minimum Gasteiger partial charge on any atom is -0.381 e. The van der Waals surface area contributed by atoms with E-state index in [-0.39, 0.29) is 0 Å². The molecule has 0 aromatic heterocycles. The summed E-state index contributed by atoms with van der Waals surface area (Å²) in [6.07, 6.45) is 9.63. The summed E-state index contributed by atoms with van der Waals surface area (Å²) in [5.74, 6) is 0. The Kier molecular flexibility index (Phi) is 6.20. The Balaban J connectivity index is 2.05. The lowest BCUT2D eigenvalue weighted by molar-refractivity contribution is 0.0589. The largest absolute Gasteiger partial charge is 0.381 e. The van der Waals surface area contributed by atoms with Crippen LogP contribution in [0.3, 0.4) is 0 Å². The standard InChI is InChI=1S/C12H25NO/c1-3-4-5-9-13-11-7-6-8-12(10-11)14-2/h11-13H,3-10H2,1-2H3. The molecule has 2 atom stereocenters. The van der Waals surface area contributed by atoms with Crippen LogP contribution in [0, 0.1) is 0 Å². The van der Waals surface area contributed by atoms with Crippen molar-refractivity contribution in [3.63, 3.8) is 0 Å². The zero-order chi connectivity index (χ0) is 10.2. The van der Waals surface area contributed by atoms with E-state index in [1.807, 2.05) is 7.11 Å². The summed E-state index contributed by atoms with van der Waals surface area (Å²) >= 11 is 0. The Labute approximate surface area is 88.4 Å². The predicted molar refractivity (Wildman–Crippen MR) is 60.6 cm³/mol. The van der Waals surface area contributed by atoms with Crippen LogP contribution in [0.5, 0.6) is 0 Å². The Hall–Kier alpha value is -0.0800. The van der Waals surface area contributed by atoms with Gasteiger partial charge in [-0.15, -0.1) is 0 Å². The van der Waals surface area contributed by atoms with Gasteiger partial charge in [0.1, 0.15) is 0 Å². The van der Waals surface area contributed by atoms with Crippen LogP contribution in [-0.2, 0) is 4.74 Å². The average molecular weight is 199 g/mol. The molecule has 84 valence electrons. The van der Waals surface area contributed by atoms with Crippen LogP contribution in [0.15, 0.2) is 0 Å². The summed E-state index contributed by atoms with van der Waals surface area (Å²) in [5, 5.41) is 3.64. The molecule has 0 spiro atoms. The van der Waals surface area contributed by atoms with Gasteiger partial charge in [-0.25, -0.2) is 0 Å². The molecule has 1 rings (SSSR count). The van der Waals surface area contributed by atoms with Crippen molar-refractivity contribution in [2.24, 2.45) is 0 Å². The Morgan fingerprint density at radius 2 is 2.14 bits per heavy atom. The van der Waals surface area contributed by atoms with Crippen LogP contribution in [0.4, 0.5) is 0 Å². The van der Waals surface area contributed by atoms with E-state index in [2.05, 4.69) is 12.2 Å². The van der Waals surface area contributed by atoms with E-state index in [0.29, 0.717) is 12.1 Å². The van der Waals surface area contributed by atoms with Gasteiger partial charge in [0.2, 0.25) is 0 Å². The van der Waals surface area contributed by atoms with Crippen LogP contribution in [0.25, 0.3) is 0 Å². The number of nitrogens with one attached hydrogen (secondary N) is 1. The van der Waals surface area contributed by atoms with Gasteiger partial charge in [-0.05, 0) is 38.6 Å². The molecule has 1 N–H and O–H groups in total. The van der Waals surface area contributed by atoms with Crippen molar-refractivity contribution >= 4 is 0 Å². The van der Waals surface area contributed by atoms with E-state index in [1.165, 1.54) is 51.5 Å². The second-order valence-electron chi connectivity index (χ2n) is 4.38. The number of methoxy groups -OCH3 is 1. The smallest absolute Gasteiger partial charge is 0.0586 e. The van der Waals surface area contributed by atoms with Gasteiger partial charge in [0, 0.05) is 13.2 Å². The second-order valence-corrected chi connectivity index (χ2v) is 4.38. The molecular formula is C12H25NO. The normalized spacial score (nSPS) is 27.9. The number of hydrogen-bond acceptors (Lipinski definition) is 2. The Bertz CT molecular complexity index is 138. The maximum atomic E-state index is 5.41. The van der Waals surface area contributed by atoms with Gasteiger partial charge in [-0.3, -0.25) is 0 Å². The molecule has 0 radical (unpaired) electrons. The molecule has 14 heavy (non-hydrogen) atoms. The van der Waals surface area contributed by atoms with E-state index in [9.17, 15) is 0 Å². The molecule has 0 aliphatic heterocycles. The highest BCUT2D eigenvalue weighted by atomic mass is 16.5. The first kappa shape index (κ1) is 12.0. The molecule has 2 nitrogen and oxygen atoms in total. The van der Waals surface area contributed by atoms with E-state index in [1.54, 1.807) is 0 Å². The molecule has 0 heterocycles. The zero-order valence-electron chi connectivity index (χ0n) is 9.72. The van der Waals surface area contributed by atoms with Gasteiger partial charge in [0.25, 0.3) is 0 Å². The molecule has 1 aliphatic carbocycles. The van der Waals surface area contributed by atoms with Crippen LogP contribution in [0.1, 0.15) is 51.9 Å². The van der Waals surface area contributed by atoms with Crippen molar-refractivity contribution in [3.05, 3.63) is 0 Å². The minimum absolute atomic E-state index is 0.507. The van der Waals surface area contributed by atoms with Gasteiger partial charge in [-0.1, -0.05) is 19.8 Å². The first-order valence-electron chi connectivity index (χ1n) is 6.13. The summed E-state index contributed by atoms with van der Waals surface area (Å²) in [5.41, 5.74) is 0. The average Bonchev–Trinajstić information content (AvgIpc) is 2.25. The van der Waals surface area contributed by atoms with Crippen molar-refractivity contribution in [1.82, 2.24) is 5.32 Å². The fourth-order valence-corrected chi connectivity index (χ4v) is 2.23. The van der Waals surface area contributed by atoms with E-state index >= 15 is 0 Å². The van der Waals surface area contributed by atoms with E-state index < -0.39 is 0 Å². The summed E-state index contributed by atoms with van der Waals surface area (Å²) in [6, 6.07) is 0.713. The Morgan fingerprint density at radius 1 is 1.29 bits per heavy atom. The highest BCUT2D eigenvalue weighted by molar-refractivity contribution is 4.77. The first-order valence-corrected chi connectivity index (χ1v) is 6.13. The van der Waals surface area contributed by atoms with Gasteiger partial charge >= 0.3 is 0 Å². The maximum absolute atomic E-state index is 5.41. The lowest BCUT2D eigenvalue weighted by atomic mass is 9.93. The Morgan fingerprint density at radius 3 is 2.86 bits per heavy atom. The zero-order valence-corrected chi connectivity index (χ0v) is 9.72. The fraction of sp³-hybridized carbons (Fsp3) is 1.00. The van der Waals surface area contributed by atoms with Crippen molar-refractivity contribution < 1.29 is 4.74 Å². The second kappa shape index (κ2) is 7.24. The first-order chi connectivity index (χ1) is 6.86. The lowest BCUT2D eigenvalue weighted by Crippen LogP contribution is -2.37. The van der Waals surface area contributed by atoms with Crippen LogP contribution >= 0.6 is 0 Å². The van der Waals surface area contributed by atoms with Gasteiger partial charge in [0.05, 0.1) is 6.10 Å². The van der Waals surface area contributed by atoms with Crippen LogP contribution < -0.4 is 5.32 Å². The topological polar surface area (TPSA) is 21.3 Å². The monoisotopic (exact) mass is 199 g/mol. The third-order valence-electron chi connectivity index (χ3n) is 3.17. The van der Waals surface area contributed by atoms with Crippen molar-refractivity contribution in [2.45, 2.75) is 64.0 Å². The number of ether oxygens (including phenoxy) is 1. The summed E-state index contributed by atoms with van der Waals surface area (Å²) < 4.78 is 5.41. The molecule has 0 saturated heterocycles. The molecule has 1 fully saturated rings. The van der Waals surface area contributed by atoms with Crippen LogP contribution in [-0.4, -0.2) is 25.8 Å². The highest BCUT2D eigenvalue weighted by Gasteiger charge is 2.20. The molecular weight excluding hydrogens is 174 g/mol. The molecule has 0 aromatic carbocycles. The quantitative estimate of drug-likeness (QED) is 0.664. The number of rotatable bonds is 6. The third-order valence-corrected chi connectivity index (χ3v) is 3.17. The van der Waals surface area contributed by atoms with Gasteiger partial charge < -0.3 is 10.1 Å². The highest BCUT2D eigenvalue weighted by Crippen LogP contribution is 2.20. The van der Waals surface area contributed by atoms with Crippen molar-refractivity contribution in [3.8, 4) is 0 Å². The van der Waals surface area contributed by atoms with Gasteiger partial charge in [-0.2, -0.15) is 0 Å². The minimum atomic E-state index is 0.507.